The van der Waals surface area contributed by atoms with Crippen molar-refractivity contribution in [3.05, 3.63) is 83.9 Å². The molecule has 0 aliphatic heterocycles. The summed E-state index contributed by atoms with van der Waals surface area (Å²) in [5.74, 6) is -0.345. The molecule has 0 saturated carbocycles. The smallest absolute Gasteiger partial charge is 0.269 e. The first-order valence-electron chi connectivity index (χ1n) is 10.3. The summed E-state index contributed by atoms with van der Waals surface area (Å²) in [4.78, 5) is 24.9. The number of carbonyl (C=O) groups is 2. The highest BCUT2D eigenvalue weighted by Crippen LogP contribution is 2.24. The molecule has 0 aromatic heterocycles. The molecular weight excluding hydrogens is 458 g/mol. The van der Waals surface area contributed by atoms with Crippen molar-refractivity contribution in [3.63, 3.8) is 0 Å². The Morgan fingerprint density at radius 2 is 1.32 bits per heavy atom. The molecule has 34 heavy (non-hydrogen) atoms. The van der Waals surface area contributed by atoms with E-state index in [0.29, 0.717) is 17.2 Å². The monoisotopic (exact) mass is 483 g/mol. The summed E-state index contributed by atoms with van der Waals surface area (Å²) in [5.41, 5.74) is 5.57. The second kappa shape index (κ2) is 10.7. The molecule has 10 heteroatoms. The van der Waals surface area contributed by atoms with Gasteiger partial charge in [0.2, 0.25) is 0 Å². The summed E-state index contributed by atoms with van der Waals surface area (Å²) in [7, 11) is -0.894. The molecule has 0 spiro atoms. The van der Waals surface area contributed by atoms with Crippen LogP contribution in [0.5, 0.6) is 11.5 Å². The van der Waals surface area contributed by atoms with Gasteiger partial charge in [-0.2, -0.15) is 0 Å². The minimum Gasteiger partial charge on any atom is -0.497 e. The lowest BCUT2D eigenvalue weighted by atomic mass is 10.2. The second-order valence-electron chi connectivity index (χ2n) is 7.04. The highest BCUT2D eigenvalue weighted by atomic mass is 32.2. The molecule has 0 unspecified atom stereocenters. The van der Waals surface area contributed by atoms with Crippen molar-refractivity contribution in [2.45, 2.75) is 11.8 Å². The van der Waals surface area contributed by atoms with Gasteiger partial charge in [0, 0.05) is 23.7 Å². The molecule has 0 bridgehead atoms. The van der Waals surface area contributed by atoms with Crippen LogP contribution in [-0.4, -0.2) is 41.0 Å². The van der Waals surface area contributed by atoms with E-state index in [4.69, 9.17) is 9.47 Å². The minimum atomic E-state index is -3.81. The molecular formula is C24H25N3O6S. The quantitative estimate of drug-likeness (QED) is 0.476. The van der Waals surface area contributed by atoms with Crippen LogP contribution in [0.25, 0.3) is 0 Å². The summed E-state index contributed by atoms with van der Waals surface area (Å²) >= 11 is 0. The fourth-order valence-electron chi connectivity index (χ4n) is 3.19. The number of hydrazine groups is 1. The Morgan fingerprint density at radius 1 is 0.794 bits per heavy atom. The molecule has 0 saturated heterocycles. The third-order valence-corrected chi connectivity index (χ3v) is 6.86. The van der Waals surface area contributed by atoms with Crippen molar-refractivity contribution in [2.24, 2.45) is 0 Å². The average Bonchev–Trinajstić information content (AvgIpc) is 2.87. The number of amides is 2. The Hall–Kier alpha value is -4.05. The van der Waals surface area contributed by atoms with Gasteiger partial charge in [0.05, 0.1) is 24.8 Å². The number of rotatable bonds is 8. The zero-order valence-electron chi connectivity index (χ0n) is 18.9. The van der Waals surface area contributed by atoms with Crippen molar-refractivity contribution in [2.75, 3.05) is 25.1 Å². The molecule has 0 radical (unpaired) electrons. The zero-order valence-corrected chi connectivity index (χ0v) is 19.8. The van der Waals surface area contributed by atoms with E-state index in [1.165, 1.54) is 54.9 Å². The summed E-state index contributed by atoms with van der Waals surface area (Å²) in [6, 6.07) is 18.8. The van der Waals surface area contributed by atoms with Gasteiger partial charge in [-0.15, -0.1) is 0 Å². The van der Waals surface area contributed by atoms with E-state index >= 15 is 0 Å². The first-order chi connectivity index (χ1) is 16.3. The second-order valence-corrected chi connectivity index (χ2v) is 8.90. The van der Waals surface area contributed by atoms with Gasteiger partial charge in [-0.3, -0.25) is 24.7 Å². The number of nitrogens with zero attached hydrogens (tertiary/aromatic N) is 1. The SMILES string of the molecule is CCN(c1ccccc1)S(=O)(=O)c1ccc(C(=O)NNC(=O)c2cc(OC)cc(OC)c2)cc1. The molecule has 9 nitrogen and oxygen atoms in total. The number of ether oxygens (including phenoxy) is 2. The Labute approximate surface area is 198 Å². The minimum absolute atomic E-state index is 0.0438. The van der Waals surface area contributed by atoms with Gasteiger partial charge in [-0.25, -0.2) is 8.42 Å². The predicted octanol–water partition coefficient (Wildman–Crippen LogP) is 2.99. The molecule has 2 amide bonds. The molecule has 2 N–H and O–H groups in total. The van der Waals surface area contributed by atoms with Crippen molar-refractivity contribution in [1.29, 1.82) is 0 Å². The predicted molar refractivity (Wildman–Crippen MR) is 128 cm³/mol. The first kappa shape index (κ1) is 24.6. The maximum absolute atomic E-state index is 13.1. The van der Waals surface area contributed by atoms with E-state index in [1.807, 2.05) is 0 Å². The van der Waals surface area contributed by atoms with Gasteiger partial charge in [0.1, 0.15) is 11.5 Å². The highest BCUT2D eigenvalue weighted by molar-refractivity contribution is 7.92. The molecule has 0 aliphatic carbocycles. The van der Waals surface area contributed by atoms with Gasteiger partial charge in [-0.05, 0) is 55.5 Å². The maximum Gasteiger partial charge on any atom is 0.269 e. The van der Waals surface area contributed by atoms with E-state index in [0.717, 1.165) is 0 Å². The number of carbonyl (C=O) groups excluding carboxylic acids is 2. The molecule has 3 rings (SSSR count). The van der Waals surface area contributed by atoms with Crippen molar-refractivity contribution >= 4 is 27.5 Å². The van der Waals surface area contributed by atoms with Crippen molar-refractivity contribution < 1.29 is 27.5 Å². The molecule has 3 aromatic rings. The Bertz CT molecular complexity index is 1240. The van der Waals surface area contributed by atoms with Crippen molar-refractivity contribution in [1.82, 2.24) is 10.9 Å². The summed E-state index contributed by atoms with van der Waals surface area (Å²) in [6.07, 6.45) is 0. The van der Waals surface area contributed by atoms with Crippen LogP contribution >= 0.6 is 0 Å². The number of benzene rings is 3. The van der Waals surface area contributed by atoms with E-state index in [9.17, 15) is 18.0 Å². The number of hydrogen-bond donors (Lipinski definition) is 2. The standard InChI is InChI=1S/C24H25N3O6S/c1-4-27(19-8-6-5-7-9-19)34(30,31)22-12-10-17(11-13-22)23(28)25-26-24(29)18-14-20(32-2)16-21(15-18)33-3/h5-16H,4H2,1-3H3,(H,25,28)(H,26,29). The average molecular weight is 484 g/mol. The van der Waals surface area contributed by atoms with Crippen LogP contribution in [0.2, 0.25) is 0 Å². The Kier molecular flexibility index (Phi) is 7.75. The molecule has 178 valence electrons. The number of nitrogens with one attached hydrogen (secondary N) is 2. The highest BCUT2D eigenvalue weighted by Gasteiger charge is 2.23. The van der Waals surface area contributed by atoms with Crippen molar-refractivity contribution in [3.8, 4) is 11.5 Å². The summed E-state index contributed by atoms with van der Waals surface area (Å²) in [6.45, 7) is 1.99. The number of sulfonamides is 1. The van der Waals surface area contributed by atoms with Crippen LogP contribution in [0.1, 0.15) is 27.6 Å². The van der Waals surface area contributed by atoms with Gasteiger partial charge in [0.25, 0.3) is 21.8 Å². The van der Waals surface area contributed by atoms with Crippen LogP contribution in [-0.2, 0) is 10.0 Å². The number of anilines is 1. The molecule has 0 atom stereocenters. The Morgan fingerprint density at radius 3 is 1.82 bits per heavy atom. The molecule has 0 heterocycles. The van der Waals surface area contributed by atoms with Gasteiger partial charge < -0.3 is 9.47 Å². The van der Waals surface area contributed by atoms with Gasteiger partial charge >= 0.3 is 0 Å². The third kappa shape index (κ3) is 5.46. The fourth-order valence-corrected chi connectivity index (χ4v) is 4.66. The molecule has 0 fully saturated rings. The summed E-state index contributed by atoms with van der Waals surface area (Å²) in [5, 5.41) is 0. The topological polar surface area (TPSA) is 114 Å². The lowest BCUT2D eigenvalue weighted by Gasteiger charge is -2.23. The van der Waals surface area contributed by atoms with E-state index in [-0.39, 0.29) is 22.6 Å². The van der Waals surface area contributed by atoms with E-state index < -0.39 is 21.8 Å². The van der Waals surface area contributed by atoms with Crippen LogP contribution in [0, 0.1) is 0 Å². The van der Waals surface area contributed by atoms with Crippen LogP contribution in [0.3, 0.4) is 0 Å². The lowest BCUT2D eigenvalue weighted by Crippen LogP contribution is -2.41. The van der Waals surface area contributed by atoms with Gasteiger partial charge in [-0.1, -0.05) is 18.2 Å². The van der Waals surface area contributed by atoms with Crippen LogP contribution < -0.4 is 24.6 Å². The van der Waals surface area contributed by atoms with Crippen LogP contribution in [0.15, 0.2) is 77.7 Å². The zero-order chi connectivity index (χ0) is 24.7. The van der Waals surface area contributed by atoms with Crippen LogP contribution in [0.4, 0.5) is 5.69 Å². The fraction of sp³-hybridized carbons (Fsp3) is 0.167. The Balaban J connectivity index is 1.70. The van der Waals surface area contributed by atoms with E-state index in [2.05, 4.69) is 10.9 Å². The normalized spacial score (nSPS) is 10.8. The maximum atomic E-state index is 13.1. The number of para-hydroxylation sites is 1. The summed E-state index contributed by atoms with van der Waals surface area (Å²) < 4.78 is 37.7. The molecule has 3 aromatic carbocycles. The molecule has 0 aliphatic rings. The lowest BCUT2D eigenvalue weighted by molar-refractivity contribution is 0.0846. The number of hydrogen-bond acceptors (Lipinski definition) is 6. The number of methoxy groups -OCH3 is 2. The first-order valence-corrected chi connectivity index (χ1v) is 11.8. The largest absolute Gasteiger partial charge is 0.497 e. The van der Waals surface area contributed by atoms with E-state index in [1.54, 1.807) is 43.3 Å². The third-order valence-electron chi connectivity index (χ3n) is 4.94. The van der Waals surface area contributed by atoms with Gasteiger partial charge in [0.15, 0.2) is 0 Å².